The first-order valence-corrected chi connectivity index (χ1v) is 9.16. The molecule has 2 N–H and O–H groups in total. The normalized spacial score (nSPS) is 20.5. The van der Waals surface area contributed by atoms with E-state index >= 15 is 0 Å². The van der Waals surface area contributed by atoms with Gasteiger partial charge in [-0.25, -0.2) is 19.7 Å². The summed E-state index contributed by atoms with van der Waals surface area (Å²) >= 11 is 0. The molecule has 2 fully saturated rings. The number of hydrogen-bond acceptors (Lipinski definition) is 4. The van der Waals surface area contributed by atoms with Crippen LogP contribution in [-0.2, 0) is 6.42 Å². The minimum absolute atomic E-state index is 0.0170. The lowest BCUT2D eigenvalue weighted by molar-refractivity contribution is 0.148. The summed E-state index contributed by atoms with van der Waals surface area (Å²) in [7, 11) is 0. The van der Waals surface area contributed by atoms with Crippen molar-refractivity contribution in [3.05, 3.63) is 42.0 Å². The van der Waals surface area contributed by atoms with Gasteiger partial charge < -0.3 is 15.2 Å². The van der Waals surface area contributed by atoms with E-state index in [1.165, 1.54) is 12.8 Å². The topological polar surface area (TPSA) is 86.8 Å². The maximum atomic E-state index is 12.6. The third-order valence-corrected chi connectivity index (χ3v) is 4.96. The van der Waals surface area contributed by atoms with Gasteiger partial charge in [-0.2, -0.15) is 0 Å². The standard InChI is InChI=1S/C18H24N6O/c25-18(24-10-2-1-3-15(24)17-19-8-9-20-17)21-7-6-13-11-22-16(23-12-13)14-4-5-14/h8-9,11-12,14-15H,1-7,10H2,(H,19,20)(H,21,25)/t15-/m0/s1. The lowest BCUT2D eigenvalue weighted by Gasteiger charge is -2.34. The Balaban J connectivity index is 1.30. The fraction of sp³-hybridized carbons (Fsp3) is 0.556. The van der Waals surface area contributed by atoms with Crippen LogP contribution in [0.4, 0.5) is 4.79 Å². The number of aromatic amines is 1. The maximum absolute atomic E-state index is 12.6. The number of rotatable bonds is 5. The highest BCUT2D eigenvalue weighted by atomic mass is 16.2. The molecule has 1 aliphatic carbocycles. The van der Waals surface area contributed by atoms with Gasteiger partial charge in [0.2, 0.25) is 0 Å². The number of likely N-dealkylation sites (tertiary alicyclic amines) is 1. The van der Waals surface area contributed by atoms with Crippen LogP contribution in [0.5, 0.6) is 0 Å². The molecule has 0 unspecified atom stereocenters. The minimum atomic E-state index is -0.0170. The van der Waals surface area contributed by atoms with Crippen LogP contribution in [0.1, 0.15) is 61.3 Å². The number of amides is 2. The Morgan fingerprint density at radius 1 is 1.20 bits per heavy atom. The first-order chi connectivity index (χ1) is 12.3. The summed E-state index contributed by atoms with van der Waals surface area (Å²) in [5, 5.41) is 3.03. The molecule has 0 spiro atoms. The molecule has 7 heteroatoms. The molecule has 7 nitrogen and oxygen atoms in total. The van der Waals surface area contributed by atoms with Crippen molar-refractivity contribution in [3.63, 3.8) is 0 Å². The predicted octanol–water partition coefficient (Wildman–Crippen LogP) is 2.56. The smallest absolute Gasteiger partial charge is 0.318 e. The summed E-state index contributed by atoms with van der Waals surface area (Å²) in [6.07, 6.45) is 13.6. The first kappa shape index (κ1) is 16.1. The number of hydrogen-bond donors (Lipinski definition) is 2. The lowest BCUT2D eigenvalue weighted by atomic mass is 10.0. The van der Waals surface area contributed by atoms with Crippen molar-refractivity contribution in [2.45, 2.75) is 50.5 Å². The Kier molecular flexibility index (Phi) is 4.63. The van der Waals surface area contributed by atoms with Gasteiger partial charge in [-0.3, -0.25) is 0 Å². The Morgan fingerprint density at radius 2 is 2.04 bits per heavy atom. The molecule has 2 aromatic rings. The van der Waals surface area contributed by atoms with Crippen molar-refractivity contribution in [3.8, 4) is 0 Å². The maximum Gasteiger partial charge on any atom is 0.318 e. The molecule has 132 valence electrons. The summed E-state index contributed by atoms with van der Waals surface area (Å²) < 4.78 is 0. The summed E-state index contributed by atoms with van der Waals surface area (Å²) in [6.45, 7) is 1.36. The van der Waals surface area contributed by atoms with Gasteiger partial charge in [-0.15, -0.1) is 0 Å². The second-order valence-corrected chi connectivity index (χ2v) is 6.89. The minimum Gasteiger partial charge on any atom is -0.347 e. The predicted molar refractivity (Wildman–Crippen MR) is 93.0 cm³/mol. The van der Waals surface area contributed by atoms with Crippen LogP contribution in [0.15, 0.2) is 24.8 Å². The highest BCUT2D eigenvalue weighted by molar-refractivity contribution is 5.74. The van der Waals surface area contributed by atoms with Crippen molar-refractivity contribution in [1.29, 1.82) is 0 Å². The van der Waals surface area contributed by atoms with Gasteiger partial charge >= 0.3 is 6.03 Å². The Hall–Kier alpha value is -2.44. The summed E-state index contributed by atoms with van der Waals surface area (Å²) in [5.74, 6) is 2.41. The van der Waals surface area contributed by atoms with Gasteiger partial charge in [-0.1, -0.05) is 0 Å². The molecule has 3 heterocycles. The summed E-state index contributed by atoms with van der Waals surface area (Å²) in [6, 6.07) is 0.0292. The monoisotopic (exact) mass is 340 g/mol. The zero-order valence-electron chi connectivity index (χ0n) is 14.3. The van der Waals surface area contributed by atoms with Gasteiger partial charge in [0.1, 0.15) is 11.6 Å². The molecule has 25 heavy (non-hydrogen) atoms. The third-order valence-electron chi connectivity index (χ3n) is 4.96. The molecular formula is C18H24N6O. The molecule has 1 atom stereocenters. The Bertz CT molecular complexity index is 695. The SMILES string of the molecule is O=C(NCCc1cnc(C2CC2)nc1)N1CCCC[C@H]1c1ncc[nH]1. The van der Waals surface area contributed by atoms with E-state index in [4.69, 9.17) is 0 Å². The molecule has 2 aliphatic rings. The highest BCUT2D eigenvalue weighted by Crippen LogP contribution is 2.37. The van der Waals surface area contributed by atoms with E-state index in [1.807, 2.05) is 23.5 Å². The lowest BCUT2D eigenvalue weighted by Crippen LogP contribution is -2.45. The van der Waals surface area contributed by atoms with Crippen LogP contribution in [0, 0.1) is 0 Å². The molecule has 2 amide bonds. The van der Waals surface area contributed by atoms with E-state index in [0.717, 1.165) is 49.4 Å². The fourth-order valence-electron chi connectivity index (χ4n) is 3.38. The first-order valence-electron chi connectivity index (χ1n) is 9.16. The largest absolute Gasteiger partial charge is 0.347 e. The number of aromatic nitrogens is 4. The fourth-order valence-corrected chi connectivity index (χ4v) is 3.38. The van der Waals surface area contributed by atoms with E-state index in [0.29, 0.717) is 12.5 Å². The molecule has 4 rings (SSSR count). The van der Waals surface area contributed by atoms with Crippen LogP contribution < -0.4 is 5.32 Å². The molecule has 2 aromatic heterocycles. The number of carbonyl (C=O) groups excluding carboxylic acids is 1. The van der Waals surface area contributed by atoms with E-state index < -0.39 is 0 Å². The third kappa shape index (κ3) is 3.81. The second kappa shape index (κ2) is 7.21. The van der Waals surface area contributed by atoms with Crippen LogP contribution in [0.3, 0.4) is 0 Å². The molecule has 1 saturated carbocycles. The van der Waals surface area contributed by atoms with Crippen molar-refractivity contribution in [2.24, 2.45) is 0 Å². The number of nitrogens with one attached hydrogen (secondary N) is 2. The number of nitrogens with zero attached hydrogens (tertiary/aromatic N) is 4. The molecule has 0 radical (unpaired) electrons. The number of carbonyl (C=O) groups is 1. The van der Waals surface area contributed by atoms with Gasteiger partial charge in [0.15, 0.2) is 0 Å². The number of urea groups is 1. The Morgan fingerprint density at radius 3 is 2.76 bits per heavy atom. The van der Waals surface area contributed by atoms with Gasteiger partial charge in [0.05, 0.1) is 6.04 Å². The van der Waals surface area contributed by atoms with Crippen molar-refractivity contribution < 1.29 is 4.79 Å². The number of piperidine rings is 1. The summed E-state index contributed by atoms with van der Waals surface area (Å²) in [5.41, 5.74) is 1.06. The molecular weight excluding hydrogens is 316 g/mol. The quantitative estimate of drug-likeness (QED) is 0.876. The number of imidazole rings is 1. The van der Waals surface area contributed by atoms with E-state index in [1.54, 1.807) is 6.20 Å². The zero-order valence-corrected chi connectivity index (χ0v) is 14.3. The average molecular weight is 340 g/mol. The van der Waals surface area contributed by atoms with Crippen LogP contribution in [0.25, 0.3) is 0 Å². The van der Waals surface area contributed by atoms with E-state index in [2.05, 4.69) is 25.3 Å². The van der Waals surface area contributed by atoms with Gasteiger partial charge in [0, 0.05) is 43.8 Å². The van der Waals surface area contributed by atoms with Crippen molar-refractivity contribution >= 4 is 6.03 Å². The van der Waals surface area contributed by atoms with E-state index in [-0.39, 0.29) is 12.1 Å². The zero-order chi connectivity index (χ0) is 17.1. The van der Waals surface area contributed by atoms with Crippen LogP contribution in [-0.4, -0.2) is 44.0 Å². The van der Waals surface area contributed by atoms with Crippen molar-refractivity contribution in [2.75, 3.05) is 13.1 Å². The molecule has 1 aliphatic heterocycles. The molecule has 1 saturated heterocycles. The van der Waals surface area contributed by atoms with E-state index in [9.17, 15) is 4.79 Å². The second-order valence-electron chi connectivity index (χ2n) is 6.89. The average Bonchev–Trinajstić information content (AvgIpc) is 3.36. The van der Waals surface area contributed by atoms with Crippen LogP contribution >= 0.6 is 0 Å². The van der Waals surface area contributed by atoms with Gasteiger partial charge in [-0.05, 0) is 44.1 Å². The Labute approximate surface area is 147 Å². The van der Waals surface area contributed by atoms with Crippen LogP contribution in [0.2, 0.25) is 0 Å². The van der Waals surface area contributed by atoms with Gasteiger partial charge in [0.25, 0.3) is 0 Å². The molecule has 0 bridgehead atoms. The molecule has 0 aromatic carbocycles. The van der Waals surface area contributed by atoms with Crippen molar-refractivity contribution in [1.82, 2.24) is 30.2 Å². The highest BCUT2D eigenvalue weighted by Gasteiger charge is 2.29. The number of H-pyrrole nitrogens is 1. The summed E-state index contributed by atoms with van der Waals surface area (Å²) in [4.78, 5) is 30.8.